The number of thiophene rings is 1. The molecule has 1 atom stereocenters. The Labute approximate surface area is 202 Å². The molecule has 7 nitrogen and oxygen atoms in total. The van der Waals surface area contributed by atoms with Crippen molar-refractivity contribution in [1.82, 2.24) is 14.8 Å². The number of nitrogens with zero attached hydrogens (tertiary/aromatic N) is 2. The van der Waals surface area contributed by atoms with E-state index in [4.69, 9.17) is 0 Å². The molecule has 1 aliphatic heterocycles. The molecule has 3 amide bonds. The Bertz CT molecular complexity index is 1240. The molecule has 0 spiro atoms. The Morgan fingerprint density at radius 3 is 2.76 bits per heavy atom. The van der Waals surface area contributed by atoms with Gasteiger partial charge in [0, 0.05) is 38.0 Å². The zero-order valence-electron chi connectivity index (χ0n) is 17.8. The monoisotopic (exact) mass is 532 g/mol. The van der Waals surface area contributed by atoms with Gasteiger partial charge in [0.25, 0.3) is 11.5 Å². The normalized spacial score (nSPS) is 15.5. The molecular weight excluding hydrogens is 511 g/mol. The molecule has 172 valence electrons. The number of halogens is 2. The summed E-state index contributed by atoms with van der Waals surface area (Å²) in [6.07, 6.45) is 2.30. The van der Waals surface area contributed by atoms with E-state index in [1.165, 1.54) is 34.1 Å². The molecule has 0 radical (unpaired) electrons. The average Bonchev–Trinajstić information content (AvgIpc) is 3.40. The summed E-state index contributed by atoms with van der Waals surface area (Å²) in [5.74, 6) is -0.630. The van der Waals surface area contributed by atoms with Gasteiger partial charge in [-0.05, 0) is 65.0 Å². The van der Waals surface area contributed by atoms with Crippen LogP contribution in [0.15, 0.2) is 57.2 Å². The highest BCUT2D eigenvalue weighted by Gasteiger charge is 2.27. The number of hydrogen-bond donors (Lipinski definition) is 2. The van der Waals surface area contributed by atoms with Crippen molar-refractivity contribution in [3.8, 4) is 5.69 Å². The largest absolute Gasteiger partial charge is 0.351 e. The maximum atomic E-state index is 14.6. The first-order valence-electron chi connectivity index (χ1n) is 10.4. The lowest BCUT2D eigenvalue weighted by Crippen LogP contribution is -2.35. The first-order valence-corrected chi connectivity index (χ1v) is 12.0. The number of anilines is 1. The van der Waals surface area contributed by atoms with Crippen LogP contribution in [0.25, 0.3) is 5.69 Å². The fraction of sp³-hybridized carbons (Fsp3) is 0.261. The van der Waals surface area contributed by atoms with Gasteiger partial charge in [0.1, 0.15) is 5.82 Å². The molecule has 4 rings (SSSR count). The standard InChI is InChI=1S/C23H22BrFN4O3S/c1-14-10-19(33-21(14)24)22(31)26-12-15-7-9-28(13-15)23(32)27-18-6-5-16(11-17(18)25)29-8-3-2-4-20(29)30/h2-6,8,10-11,15H,7,9,12-13H2,1H3,(H,26,31)(H,27,32). The average molecular weight is 533 g/mol. The van der Waals surface area contributed by atoms with E-state index >= 15 is 0 Å². The Balaban J connectivity index is 1.32. The van der Waals surface area contributed by atoms with Crippen molar-refractivity contribution >= 4 is 44.9 Å². The number of urea groups is 1. The van der Waals surface area contributed by atoms with E-state index in [9.17, 15) is 18.8 Å². The molecule has 1 saturated heterocycles. The number of hydrogen-bond acceptors (Lipinski definition) is 4. The number of likely N-dealkylation sites (tertiary alicyclic amines) is 1. The van der Waals surface area contributed by atoms with Crippen molar-refractivity contribution in [2.75, 3.05) is 25.0 Å². The highest BCUT2D eigenvalue weighted by Crippen LogP contribution is 2.27. The second kappa shape index (κ2) is 9.88. The summed E-state index contributed by atoms with van der Waals surface area (Å²) in [4.78, 5) is 39.1. The Morgan fingerprint density at radius 2 is 2.06 bits per heavy atom. The third-order valence-electron chi connectivity index (χ3n) is 5.50. The van der Waals surface area contributed by atoms with E-state index in [0.717, 1.165) is 15.8 Å². The molecule has 1 aromatic carbocycles. The smallest absolute Gasteiger partial charge is 0.321 e. The topological polar surface area (TPSA) is 83.4 Å². The predicted octanol–water partition coefficient (Wildman–Crippen LogP) is 4.39. The van der Waals surface area contributed by atoms with Crippen molar-refractivity contribution in [1.29, 1.82) is 0 Å². The lowest BCUT2D eigenvalue weighted by Gasteiger charge is -2.18. The van der Waals surface area contributed by atoms with Crippen molar-refractivity contribution in [3.63, 3.8) is 0 Å². The Morgan fingerprint density at radius 1 is 1.24 bits per heavy atom. The second-order valence-corrected chi connectivity index (χ2v) is 10.3. The molecule has 10 heteroatoms. The minimum absolute atomic E-state index is 0.0446. The molecule has 0 bridgehead atoms. The van der Waals surface area contributed by atoms with Crippen LogP contribution in [0.1, 0.15) is 21.7 Å². The zero-order chi connectivity index (χ0) is 23.5. The van der Waals surface area contributed by atoms with E-state index in [1.54, 1.807) is 29.3 Å². The number of aryl methyl sites for hydroxylation is 1. The molecule has 1 fully saturated rings. The van der Waals surface area contributed by atoms with Crippen LogP contribution in [0, 0.1) is 18.7 Å². The molecule has 1 unspecified atom stereocenters. The van der Waals surface area contributed by atoms with Gasteiger partial charge >= 0.3 is 6.03 Å². The third-order valence-corrected chi connectivity index (χ3v) is 7.64. The summed E-state index contributed by atoms with van der Waals surface area (Å²) in [5.41, 5.74) is 1.17. The molecule has 3 heterocycles. The number of carbonyl (C=O) groups excluding carboxylic acids is 2. The molecular formula is C23H22BrFN4O3S. The van der Waals surface area contributed by atoms with Gasteiger partial charge in [-0.2, -0.15) is 0 Å². The summed E-state index contributed by atoms with van der Waals surface area (Å²) in [7, 11) is 0. The number of aromatic nitrogens is 1. The Kier molecular flexibility index (Phi) is 6.94. The van der Waals surface area contributed by atoms with Crippen molar-refractivity contribution < 1.29 is 14.0 Å². The maximum absolute atomic E-state index is 14.6. The highest BCUT2D eigenvalue weighted by atomic mass is 79.9. The maximum Gasteiger partial charge on any atom is 0.321 e. The molecule has 2 N–H and O–H groups in total. The van der Waals surface area contributed by atoms with Crippen LogP contribution in [0.5, 0.6) is 0 Å². The number of rotatable bonds is 5. The van der Waals surface area contributed by atoms with Crippen molar-refractivity contribution in [2.45, 2.75) is 13.3 Å². The van der Waals surface area contributed by atoms with Gasteiger partial charge in [-0.3, -0.25) is 14.2 Å². The lowest BCUT2D eigenvalue weighted by molar-refractivity contribution is 0.0952. The molecule has 0 saturated carbocycles. The highest BCUT2D eigenvalue weighted by molar-refractivity contribution is 9.11. The molecule has 1 aliphatic rings. The van der Waals surface area contributed by atoms with E-state index in [2.05, 4.69) is 26.6 Å². The molecule has 2 aromatic heterocycles. The lowest BCUT2D eigenvalue weighted by atomic mass is 10.1. The van der Waals surface area contributed by atoms with E-state index in [0.29, 0.717) is 30.2 Å². The second-order valence-electron chi connectivity index (χ2n) is 7.88. The van der Waals surface area contributed by atoms with Crippen LogP contribution >= 0.6 is 27.3 Å². The van der Waals surface area contributed by atoms with Crippen LogP contribution < -0.4 is 16.2 Å². The first-order chi connectivity index (χ1) is 15.8. The van der Waals surface area contributed by atoms with Gasteiger partial charge in [0.2, 0.25) is 0 Å². The fourth-order valence-electron chi connectivity index (χ4n) is 3.67. The number of benzene rings is 1. The van der Waals surface area contributed by atoms with Crippen LogP contribution in [0.2, 0.25) is 0 Å². The number of nitrogens with one attached hydrogen (secondary N) is 2. The summed E-state index contributed by atoms with van der Waals surface area (Å²) in [5, 5.41) is 5.53. The van der Waals surface area contributed by atoms with Gasteiger partial charge in [0.05, 0.1) is 20.0 Å². The van der Waals surface area contributed by atoms with Crippen LogP contribution in [0.4, 0.5) is 14.9 Å². The number of carbonyl (C=O) groups is 2. The summed E-state index contributed by atoms with van der Waals surface area (Å²) in [6.45, 7) is 3.39. The summed E-state index contributed by atoms with van der Waals surface area (Å²) < 4.78 is 16.9. The first kappa shape index (κ1) is 23.2. The van der Waals surface area contributed by atoms with E-state index < -0.39 is 11.8 Å². The number of amides is 3. The molecule has 3 aromatic rings. The van der Waals surface area contributed by atoms with E-state index in [-0.39, 0.29) is 23.1 Å². The van der Waals surface area contributed by atoms with Crippen molar-refractivity contribution in [2.24, 2.45) is 5.92 Å². The Hall–Kier alpha value is -2.98. The van der Waals surface area contributed by atoms with Crippen LogP contribution in [-0.2, 0) is 0 Å². The quantitative estimate of drug-likeness (QED) is 0.511. The van der Waals surface area contributed by atoms with Crippen LogP contribution in [-0.4, -0.2) is 41.0 Å². The third kappa shape index (κ3) is 5.33. The van der Waals surface area contributed by atoms with Gasteiger partial charge in [-0.15, -0.1) is 11.3 Å². The minimum Gasteiger partial charge on any atom is -0.351 e. The van der Waals surface area contributed by atoms with Crippen molar-refractivity contribution in [3.05, 3.63) is 79.1 Å². The van der Waals surface area contributed by atoms with Gasteiger partial charge in [-0.25, -0.2) is 9.18 Å². The SMILES string of the molecule is Cc1cc(C(=O)NCC2CCN(C(=O)Nc3ccc(-n4ccccc4=O)cc3F)C2)sc1Br. The molecule has 33 heavy (non-hydrogen) atoms. The minimum atomic E-state index is -0.628. The number of pyridine rings is 1. The fourth-order valence-corrected chi connectivity index (χ4v) is 5.12. The predicted molar refractivity (Wildman–Crippen MR) is 130 cm³/mol. The molecule has 0 aliphatic carbocycles. The van der Waals surface area contributed by atoms with Gasteiger partial charge in [0.15, 0.2) is 0 Å². The zero-order valence-corrected chi connectivity index (χ0v) is 20.2. The van der Waals surface area contributed by atoms with E-state index in [1.807, 2.05) is 13.0 Å². The summed E-state index contributed by atoms with van der Waals surface area (Å²) in [6, 6.07) is 10.4. The van der Waals surface area contributed by atoms with Crippen LogP contribution in [0.3, 0.4) is 0 Å². The summed E-state index contributed by atoms with van der Waals surface area (Å²) >= 11 is 4.81. The van der Waals surface area contributed by atoms with Gasteiger partial charge in [-0.1, -0.05) is 6.07 Å². The van der Waals surface area contributed by atoms with Gasteiger partial charge < -0.3 is 15.5 Å².